The highest BCUT2D eigenvalue weighted by molar-refractivity contribution is 7.88. The number of amides is 1. The molecule has 0 bridgehead atoms. The topological polar surface area (TPSA) is 66.5 Å². The zero-order valence-corrected chi connectivity index (χ0v) is 14.7. The minimum absolute atomic E-state index is 0.0195. The molecule has 1 aromatic rings. The number of nitrogens with zero attached hydrogens (tertiary/aromatic N) is 1. The molecule has 5 nitrogen and oxygen atoms in total. The van der Waals surface area contributed by atoms with Crippen molar-refractivity contribution in [3.05, 3.63) is 35.9 Å². The van der Waals surface area contributed by atoms with Crippen LogP contribution in [0.4, 0.5) is 0 Å². The number of rotatable bonds is 6. The normalized spacial score (nSPS) is 20.9. The maximum absolute atomic E-state index is 12.5. The lowest BCUT2D eigenvalue weighted by Gasteiger charge is -2.33. The van der Waals surface area contributed by atoms with Gasteiger partial charge in [0, 0.05) is 12.6 Å². The van der Waals surface area contributed by atoms with Gasteiger partial charge in [0.2, 0.25) is 15.9 Å². The summed E-state index contributed by atoms with van der Waals surface area (Å²) in [6, 6.07) is 9.60. The first kappa shape index (κ1) is 17.9. The molecule has 1 fully saturated rings. The number of carbonyl (C=O) groups excluding carboxylic acids is 1. The van der Waals surface area contributed by atoms with E-state index in [0.717, 1.165) is 25.7 Å². The highest BCUT2D eigenvalue weighted by Crippen LogP contribution is 2.20. The van der Waals surface area contributed by atoms with Crippen molar-refractivity contribution >= 4 is 15.9 Å². The number of benzene rings is 1. The van der Waals surface area contributed by atoms with Crippen LogP contribution in [-0.2, 0) is 21.2 Å². The van der Waals surface area contributed by atoms with Crippen LogP contribution in [0.2, 0.25) is 0 Å². The average Bonchev–Trinajstić information content (AvgIpc) is 2.53. The smallest absolute Gasteiger partial charge is 0.238 e. The highest BCUT2D eigenvalue weighted by Gasteiger charge is 2.34. The molecule has 2 rings (SSSR count). The van der Waals surface area contributed by atoms with Gasteiger partial charge in [-0.3, -0.25) is 4.79 Å². The van der Waals surface area contributed by atoms with Gasteiger partial charge in [-0.1, -0.05) is 36.8 Å². The Morgan fingerprint density at radius 2 is 2.00 bits per heavy atom. The fourth-order valence-electron chi connectivity index (χ4n) is 3.00. The Balaban J connectivity index is 1.89. The zero-order valence-electron chi connectivity index (χ0n) is 13.9. The number of carbonyl (C=O) groups is 1. The zero-order chi connectivity index (χ0) is 16.9. The van der Waals surface area contributed by atoms with Gasteiger partial charge >= 0.3 is 0 Å². The molecule has 23 heavy (non-hydrogen) atoms. The standard InChI is InChI=1S/C17H26N2O3S/c1-14(11-12-15-8-4-3-5-9-15)18-17(20)16-10-6-7-13-19(16)23(2,21)22/h3-5,8-9,14,16H,6-7,10-13H2,1-2H3,(H,18,20)/t14-,16+/m1/s1. The van der Waals surface area contributed by atoms with Gasteiger partial charge in [-0.2, -0.15) is 4.31 Å². The lowest BCUT2D eigenvalue weighted by Crippen LogP contribution is -2.53. The quantitative estimate of drug-likeness (QED) is 0.862. The number of aryl methyl sites for hydroxylation is 1. The first-order valence-electron chi connectivity index (χ1n) is 8.19. The molecule has 1 heterocycles. The maximum atomic E-state index is 12.5. The molecule has 1 saturated heterocycles. The molecule has 1 aromatic carbocycles. The minimum Gasteiger partial charge on any atom is -0.352 e. The van der Waals surface area contributed by atoms with Crippen LogP contribution in [-0.4, -0.2) is 43.5 Å². The Kier molecular flexibility index (Phi) is 6.18. The van der Waals surface area contributed by atoms with Crippen molar-refractivity contribution in [1.82, 2.24) is 9.62 Å². The van der Waals surface area contributed by atoms with Crippen molar-refractivity contribution in [3.8, 4) is 0 Å². The van der Waals surface area contributed by atoms with Gasteiger partial charge in [0.25, 0.3) is 0 Å². The summed E-state index contributed by atoms with van der Waals surface area (Å²) in [5.74, 6) is -0.171. The molecular formula is C17H26N2O3S. The number of piperidine rings is 1. The molecule has 1 N–H and O–H groups in total. The molecule has 0 radical (unpaired) electrons. The van der Waals surface area contributed by atoms with Gasteiger partial charge in [0.1, 0.15) is 6.04 Å². The van der Waals surface area contributed by atoms with E-state index in [1.807, 2.05) is 25.1 Å². The summed E-state index contributed by atoms with van der Waals surface area (Å²) in [6.07, 6.45) is 5.22. The molecule has 0 unspecified atom stereocenters. The second-order valence-corrected chi connectivity index (χ2v) is 8.25. The van der Waals surface area contributed by atoms with Crippen LogP contribution in [0.1, 0.15) is 38.2 Å². The van der Waals surface area contributed by atoms with Crippen LogP contribution in [0.25, 0.3) is 0 Å². The van der Waals surface area contributed by atoms with Crippen LogP contribution >= 0.6 is 0 Å². The van der Waals surface area contributed by atoms with E-state index in [-0.39, 0.29) is 11.9 Å². The Bertz CT molecular complexity index is 616. The lowest BCUT2D eigenvalue weighted by molar-refractivity contribution is -0.126. The van der Waals surface area contributed by atoms with Crippen LogP contribution in [0, 0.1) is 0 Å². The third-order valence-corrected chi connectivity index (χ3v) is 5.57. The summed E-state index contributed by atoms with van der Waals surface area (Å²) >= 11 is 0. The molecule has 1 aliphatic rings. The van der Waals surface area contributed by atoms with Crippen molar-refractivity contribution in [2.24, 2.45) is 0 Å². The molecule has 0 aromatic heterocycles. The van der Waals surface area contributed by atoms with E-state index in [2.05, 4.69) is 17.4 Å². The van der Waals surface area contributed by atoms with Gasteiger partial charge < -0.3 is 5.32 Å². The fourth-order valence-corrected chi connectivity index (χ4v) is 4.13. The summed E-state index contributed by atoms with van der Waals surface area (Å²) in [4.78, 5) is 12.5. The third kappa shape index (κ3) is 5.32. The third-order valence-electron chi connectivity index (χ3n) is 4.28. The van der Waals surface area contributed by atoms with Gasteiger partial charge in [0.05, 0.1) is 6.26 Å². The summed E-state index contributed by atoms with van der Waals surface area (Å²) < 4.78 is 25.0. The summed E-state index contributed by atoms with van der Waals surface area (Å²) in [5, 5.41) is 2.98. The Labute approximate surface area is 139 Å². The molecule has 6 heteroatoms. The number of nitrogens with one attached hydrogen (secondary N) is 1. The molecular weight excluding hydrogens is 312 g/mol. The molecule has 1 amide bonds. The van der Waals surface area contributed by atoms with Crippen molar-refractivity contribution in [2.75, 3.05) is 12.8 Å². The molecule has 0 aliphatic carbocycles. The van der Waals surface area contributed by atoms with E-state index in [4.69, 9.17) is 0 Å². The minimum atomic E-state index is -3.34. The number of hydrogen-bond donors (Lipinski definition) is 1. The van der Waals surface area contributed by atoms with E-state index < -0.39 is 16.1 Å². The largest absolute Gasteiger partial charge is 0.352 e. The highest BCUT2D eigenvalue weighted by atomic mass is 32.2. The van der Waals surface area contributed by atoms with Gasteiger partial charge in [-0.15, -0.1) is 0 Å². The summed E-state index contributed by atoms with van der Waals surface area (Å²) in [6.45, 7) is 2.41. The Morgan fingerprint density at radius 3 is 2.65 bits per heavy atom. The Morgan fingerprint density at radius 1 is 1.30 bits per heavy atom. The van der Waals surface area contributed by atoms with Crippen LogP contribution in [0.5, 0.6) is 0 Å². The SMILES string of the molecule is C[C@H](CCc1ccccc1)NC(=O)[C@@H]1CCCCN1S(C)(=O)=O. The van der Waals surface area contributed by atoms with Gasteiger partial charge in [0.15, 0.2) is 0 Å². The predicted molar refractivity (Wildman–Crippen MR) is 91.6 cm³/mol. The molecule has 0 spiro atoms. The van der Waals surface area contributed by atoms with E-state index in [1.54, 1.807) is 0 Å². The lowest BCUT2D eigenvalue weighted by atomic mass is 10.0. The molecule has 128 valence electrons. The van der Waals surface area contributed by atoms with E-state index in [1.165, 1.54) is 16.1 Å². The maximum Gasteiger partial charge on any atom is 0.238 e. The predicted octanol–water partition coefficient (Wildman–Crippen LogP) is 1.94. The van der Waals surface area contributed by atoms with Crippen molar-refractivity contribution < 1.29 is 13.2 Å². The summed E-state index contributed by atoms with van der Waals surface area (Å²) in [5.41, 5.74) is 1.24. The van der Waals surface area contributed by atoms with E-state index in [0.29, 0.717) is 13.0 Å². The second kappa shape index (κ2) is 7.93. The number of hydrogen-bond acceptors (Lipinski definition) is 3. The Hall–Kier alpha value is -1.40. The van der Waals surface area contributed by atoms with Gasteiger partial charge in [-0.25, -0.2) is 8.42 Å². The van der Waals surface area contributed by atoms with Crippen molar-refractivity contribution in [3.63, 3.8) is 0 Å². The average molecular weight is 338 g/mol. The van der Waals surface area contributed by atoms with Gasteiger partial charge in [-0.05, 0) is 38.2 Å². The second-order valence-electron chi connectivity index (χ2n) is 6.32. The van der Waals surface area contributed by atoms with E-state index >= 15 is 0 Å². The number of sulfonamides is 1. The first-order chi connectivity index (χ1) is 10.9. The summed E-state index contributed by atoms with van der Waals surface area (Å²) in [7, 11) is -3.34. The first-order valence-corrected chi connectivity index (χ1v) is 10.0. The molecule has 1 aliphatic heterocycles. The van der Waals surface area contributed by atoms with Crippen LogP contribution < -0.4 is 5.32 Å². The molecule has 2 atom stereocenters. The fraction of sp³-hybridized carbons (Fsp3) is 0.588. The van der Waals surface area contributed by atoms with Crippen LogP contribution in [0.15, 0.2) is 30.3 Å². The van der Waals surface area contributed by atoms with Crippen LogP contribution in [0.3, 0.4) is 0 Å². The van der Waals surface area contributed by atoms with Crippen molar-refractivity contribution in [2.45, 2.75) is 51.1 Å². The van der Waals surface area contributed by atoms with Crippen molar-refractivity contribution in [1.29, 1.82) is 0 Å². The molecule has 0 saturated carbocycles. The van der Waals surface area contributed by atoms with E-state index in [9.17, 15) is 13.2 Å². The monoisotopic (exact) mass is 338 g/mol.